The second-order valence-electron chi connectivity index (χ2n) is 6.34. The average Bonchev–Trinajstić information content (AvgIpc) is 2.69. The normalized spacial score (nSPS) is 17.0. The zero-order valence-electron chi connectivity index (χ0n) is 15.3. The number of amides is 1. The maximum atomic E-state index is 12.9. The molecule has 1 saturated heterocycles. The first-order chi connectivity index (χ1) is 13.4. The highest BCUT2D eigenvalue weighted by Gasteiger charge is 2.23. The van der Waals surface area contributed by atoms with Gasteiger partial charge in [0.2, 0.25) is 0 Å². The van der Waals surface area contributed by atoms with Crippen molar-refractivity contribution in [1.29, 1.82) is 0 Å². The Bertz CT molecular complexity index is 959. The molecule has 0 radical (unpaired) electrons. The Balaban J connectivity index is 1.84. The van der Waals surface area contributed by atoms with E-state index in [4.69, 9.17) is 21.1 Å². The lowest BCUT2D eigenvalue weighted by molar-refractivity contribution is 0.0624. The monoisotopic (exact) mass is 424 g/mol. The number of carbonyl (C=O) groups excluding carboxylic acids is 1. The number of sulfonamides is 1. The fraction of sp³-hybridized carbons (Fsp3) is 0.316. The van der Waals surface area contributed by atoms with Crippen LogP contribution in [0.4, 0.5) is 5.69 Å². The number of hydrogen-bond acceptors (Lipinski definition) is 5. The molecule has 1 aliphatic heterocycles. The van der Waals surface area contributed by atoms with Crippen molar-refractivity contribution in [2.75, 3.05) is 25.0 Å². The summed E-state index contributed by atoms with van der Waals surface area (Å²) in [7, 11) is -2.59. The Hall–Kier alpha value is -2.29. The van der Waals surface area contributed by atoms with Gasteiger partial charge in [0.25, 0.3) is 15.9 Å². The van der Waals surface area contributed by atoms with Crippen LogP contribution >= 0.6 is 11.6 Å². The second kappa shape index (κ2) is 8.81. The van der Waals surface area contributed by atoms with Crippen LogP contribution < -0.4 is 14.8 Å². The molecule has 1 fully saturated rings. The van der Waals surface area contributed by atoms with Crippen molar-refractivity contribution in [2.45, 2.75) is 23.8 Å². The predicted octanol–water partition coefficient (Wildman–Crippen LogP) is 3.06. The molecule has 0 aliphatic carbocycles. The first kappa shape index (κ1) is 20.4. The summed E-state index contributed by atoms with van der Waals surface area (Å²) in [6.07, 6.45) is 1.69. The van der Waals surface area contributed by atoms with E-state index in [1.54, 1.807) is 24.3 Å². The van der Waals surface area contributed by atoms with E-state index in [9.17, 15) is 13.2 Å². The van der Waals surface area contributed by atoms with Crippen molar-refractivity contribution >= 4 is 33.2 Å². The maximum absolute atomic E-state index is 12.9. The number of benzene rings is 2. The highest BCUT2D eigenvalue weighted by Crippen LogP contribution is 2.29. The fourth-order valence-corrected chi connectivity index (χ4v) is 4.50. The number of carbonyl (C=O) groups is 1. The number of anilines is 1. The third kappa shape index (κ3) is 4.76. The highest BCUT2D eigenvalue weighted by atomic mass is 35.5. The van der Waals surface area contributed by atoms with Gasteiger partial charge in [-0.1, -0.05) is 23.7 Å². The van der Waals surface area contributed by atoms with Crippen LogP contribution in [0.2, 0.25) is 5.02 Å². The third-order valence-corrected chi connectivity index (χ3v) is 6.18. The Morgan fingerprint density at radius 1 is 1.25 bits per heavy atom. The molecule has 9 heteroatoms. The SMILES string of the molecule is COc1ccccc1NS(=O)(=O)c1cc(C(=O)NC2CCCOC2)ccc1Cl. The molecule has 1 amide bonds. The third-order valence-electron chi connectivity index (χ3n) is 4.33. The van der Waals surface area contributed by atoms with E-state index in [2.05, 4.69) is 10.0 Å². The number of ether oxygens (including phenoxy) is 2. The van der Waals surface area contributed by atoms with E-state index in [1.165, 1.54) is 25.3 Å². The molecule has 1 aliphatic rings. The molecule has 28 heavy (non-hydrogen) atoms. The maximum Gasteiger partial charge on any atom is 0.263 e. The van der Waals surface area contributed by atoms with Gasteiger partial charge in [0.05, 0.1) is 30.5 Å². The van der Waals surface area contributed by atoms with Crippen molar-refractivity contribution in [3.8, 4) is 5.75 Å². The van der Waals surface area contributed by atoms with Crippen LogP contribution in [0.3, 0.4) is 0 Å². The molecular formula is C19H21ClN2O5S. The van der Waals surface area contributed by atoms with E-state index < -0.39 is 10.0 Å². The van der Waals surface area contributed by atoms with E-state index >= 15 is 0 Å². The quantitative estimate of drug-likeness (QED) is 0.743. The Labute approximate surface area is 169 Å². The summed E-state index contributed by atoms with van der Waals surface area (Å²) in [4.78, 5) is 12.3. The number of nitrogens with one attached hydrogen (secondary N) is 2. The lowest BCUT2D eigenvalue weighted by Gasteiger charge is -2.23. The summed E-state index contributed by atoms with van der Waals surface area (Å²) in [5, 5.41) is 2.87. The van der Waals surface area contributed by atoms with Gasteiger partial charge in [-0.3, -0.25) is 9.52 Å². The standard InChI is InChI=1S/C19H21ClN2O5S/c1-26-17-7-3-2-6-16(17)22-28(24,25)18-11-13(8-9-15(18)20)19(23)21-14-5-4-10-27-12-14/h2-3,6-9,11,14,22H,4-5,10,12H2,1H3,(H,21,23). The summed E-state index contributed by atoms with van der Waals surface area (Å²) in [6, 6.07) is 10.7. The van der Waals surface area contributed by atoms with Crippen molar-refractivity contribution < 1.29 is 22.7 Å². The molecule has 1 atom stereocenters. The minimum atomic E-state index is -4.03. The summed E-state index contributed by atoms with van der Waals surface area (Å²) in [5.74, 6) is -0.00528. The number of para-hydroxylation sites is 2. The number of rotatable bonds is 6. The number of halogens is 1. The van der Waals surface area contributed by atoms with Gasteiger partial charge in [-0.05, 0) is 43.2 Å². The van der Waals surface area contributed by atoms with Crippen LogP contribution in [-0.4, -0.2) is 40.7 Å². The van der Waals surface area contributed by atoms with Crippen LogP contribution in [0.5, 0.6) is 5.75 Å². The highest BCUT2D eigenvalue weighted by molar-refractivity contribution is 7.92. The number of methoxy groups -OCH3 is 1. The van der Waals surface area contributed by atoms with Crippen LogP contribution in [0.15, 0.2) is 47.4 Å². The lowest BCUT2D eigenvalue weighted by Crippen LogP contribution is -2.40. The van der Waals surface area contributed by atoms with Gasteiger partial charge in [0.1, 0.15) is 10.6 Å². The van der Waals surface area contributed by atoms with Crippen molar-refractivity contribution in [2.24, 2.45) is 0 Å². The van der Waals surface area contributed by atoms with Crippen LogP contribution in [0.1, 0.15) is 23.2 Å². The molecule has 0 aromatic heterocycles. The summed E-state index contributed by atoms with van der Waals surface area (Å²) >= 11 is 6.12. The van der Waals surface area contributed by atoms with Gasteiger partial charge in [-0.2, -0.15) is 0 Å². The molecule has 150 valence electrons. The second-order valence-corrected chi connectivity index (χ2v) is 8.40. The zero-order valence-corrected chi connectivity index (χ0v) is 16.8. The minimum Gasteiger partial charge on any atom is -0.495 e. The lowest BCUT2D eigenvalue weighted by atomic mass is 10.1. The van der Waals surface area contributed by atoms with E-state index in [0.717, 1.165) is 12.8 Å². The molecule has 2 aromatic rings. The van der Waals surface area contributed by atoms with Crippen LogP contribution in [0.25, 0.3) is 0 Å². The van der Waals surface area contributed by atoms with Gasteiger partial charge in [-0.25, -0.2) is 8.42 Å². The van der Waals surface area contributed by atoms with E-state index in [0.29, 0.717) is 19.0 Å². The molecular weight excluding hydrogens is 404 g/mol. The van der Waals surface area contributed by atoms with E-state index in [-0.39, 0.29) is 33.1 Å². The molecule has 0 spiro atoms. The smallest absolute Gasteiger partial charge is 0.263 e. The molecule has 1 heterocycles. The van der Waals surface area contributed by atoms with Gasteiger partial charge >= 0.3 is 0 Å². The van der Waals surface area contributed by atoms with Crippen molar-refractivity contribution in [3.05, 3.63) is 53.1 Å². The topological polar surface area (TPSA) is 93.7 Å². The molecule has 7 nitrogen and oxygen atoms in total. The average molecular weight is 425 g/mol. The summed E-state index contributed by atoms with van der Waals surface area (Å²) in [6.45, 7) is 1.13. The van der Waals surface area contributed by atoms with Crippen LogP contribution in [-0.2, 0) is 14.8 Å². The molecule has 0 saturated carbocycles. The molecule has 1 unspecified atom stereocenters. The molecule has 3 rings (SSSR count). The molecule has 2 aromatic carbocycles. The van der Waals surface area contributed by atoms with E-state index in [1.807, 2.05) is 0 Å². The Morgan fingerprint density at radius 2 is 2.04 bits per heavy atom. The Morgan fingerprint density at radius 3 is 2.75 bits per heavy atom. The zero-order chi connectivity index (χ0) is 20.1. The van der Waals surface area contributed by atoms with Crippen LogP contribution in [0, 0.1) is 0 Å². The van der Waals surface area contributed by atoms with Gasteiger partial charge in [0, 0.05) is 12.2 Å². The first-order valence-corrected chi connectivity index (χ1v) is 10.6. The minimum absolute atomic E-state index is 0.0138. The summed E-state index contributed by atoms with van der Waals surface area (Å²) in [5.41, 5.74) is 0.477. The first-order valence-electron chi connectivity index (χ1n) is 8.74. The Kier molecular flexibility index (Phi) is 6.43. The fourth-order valence-electron chi connectivity index (χ4n) is 2.90. The summed E-state index contributed by atoms with van der Waals surface area (Å²) < 4.78 is 38.7. The van der Waals surface area contributed by atoms with Crippen molar-refractivity contribution in [1.82, 2.24) is 5.32 Å². The van der Waals surface area contributed by atoms with Crippen molar-refractivity contribution in [3.63, 3.8) is 0 Å². The van der Waals surface area contributed by atoms with Gasteiger partial charge < -0.3 is 14.8 Å². The predicted molar refractivity (Wildman–Crippen MR) is 107 cm³/mol. The molecule has 2 N–H and O–H groups in total. The molecule has 0 bridgehead atoms. The van der Waals surface area contributed by atoms with Gasteiger partial charge in [-0.15, -0.1) is 0 Å². The number of hydrogen-bond donors (Lipinski definition) is 2. The largest absolute Gasteiger partial charge is 0.495 e. The van der Waals surface area contributed by atoms with Gasteiger partial charge in [0.15, 0.2) is 0 Å².